The molecular formula is C25H29BrN2O6. The normalized spacial score (nSPS) is 10.5. The second kappa shape index (κ2) is 12.9. The van der Waals surface area contributed by atoms with Crippen LogP contribution in [0.25, 0.3) is 0 Å². The van der Waals surface area contributed by atoms with E-state index in [1.165, 1.54) is 0 Å². The van der Waals surface area contributed by atoms with E-state index in [4.69, 9.17) is 9.47 Å². The minimum absolute atomic E-state index is 0.107. The van der Waals surface area contributed by atoms with Crippen molar-refractivity contribution in [2.75, 3.05) is 23.8 Å². The third kappa shape index (κ3) is 8.62. The number of halogens is 1. The van der Waals surface area contributed by atoms with Gasteiger partial charge in [-0.25, -0.2) is 4.79 Å². The van der Waals surface area contributed by atoms with Gasteiger partial charge in [-0.1, -0.05) is 29.8 Å². The van der Waals surface area contributed by atoms with E-state index in [0.717, 1.165) is 15.6 Å². The lowest BCUT2D eigenvalue weighted by molar-refractivity contribution is -0.147. The molecule has 0 saturated carbocycles. The van der Waals surface area contributed by atoms with Gasteiger partial charge in [0, 0.05) is 22.3 Å². The highest BCUT2D eigenvalue weighted by atomic mass is 79.9. The van der Waals surface area contributed by atoms with Crippen molar-refractivity contribution in [2.24, 2.45) is 5.92 Å². The van der Waals surface area contributed by atoms with Gasteiger partial charge in [-0.15, -0.1) is 0 Å². The van der Waals surface area contributed by atoms with Crippen LogP contribution in [0.2, 0.25) is 0 Å². The van der Waals surface area contributed by atoms with Crippen LogP contribution in [-0.2, 0) is 23.9 Å². The van der Waals surface area contributed by atoms with Crippen molar-refractivity contribution in [3.8, 4) is 0 Å². The highest BCUT2D eigenvalue weighted by Crippen LogP contribution is 2.25. The molecule has 2 aromatic rings. The van der Waals surface area contributed by atoms with Gasteiger partial charge in [0.15, 0.2) is 6.61 Å². The van der Waals surface area contributed by atoms with Crippen molar-refractivity contribution in [2.45, 2.75) is 40.5 Å². The van der Waals surface area contributed by atoms with Gasteiger partial charge >= 0.3 is 11.9 Å². The van der Waals surface area contributed by atoms with Gasteiger partial charge in [0.05, 0.1) is 18.6 Å². The van der Waals surface area contributed by atoms with Crippen molar-refractivity contribution in [1.29, 1.82) is 0 Å². The van der Waals surface area contributed by atoms with Crippen LogP contribution in [0.5, 0.6) is 0 Å². The topological polar surface area (TPSA) is 111 Å². The molecule has 182 valence electrons. The van der Waals surface area contributed by atoms with E-state index in [1.54, 1.807) is 30.3 Å². The Morgan fingerprint density at radius 2 is 1.53 bits per heavy atom. The van der Waals surface area contributed by atoms with Crippen LogP contribution in [-0.4, -0.2) is 37.0 Å². The molecule has 0 aliphatic carbocycles. The van der Waals surface area contributed by atoms with Gasteiger partial charge in [-0.3, -0.25) is 14.4 Å². The third-order valence-corrected chi connectivity index (χ3v) is 5.73. The highest BCUT2D eigenvalue weighted by Gasteiger charge is 2.13. The maximum Gasteiger partial charge on any atom is 0.338 e. The Bertz CT molecular complexity index is 1050. The monoisotopic (exact) mass is 532 g/mol. The molecule has 0 atom stereocenters. The SMILES string of the molecule is Cc1c(Br)ccc(NC(=O)COC(=O)CCC(=O)Nc2ccc(C(=O)OCC(C)C)cc2)c1C. The number of amides is 2. The molecule has 8 nitrogen and oxygen atoms in total. The Kier molecular flexibility index (Phi) is 10.2. The number of esters is 2. The fraction of sp³-hybridized carbons (Fsp3) is 0.360. The maximum absolute atomic E-state index is 12.1. The number of benzene rings is 2. The first-order chi connectivity index (χ1) is 16.1. The minimum atomic E-state index is -0.655. The Hall–Kier alpha value is -3.20. The molecule has 0 aliphatic rings. The van der Waals surface area contributed by atoms with Crippen LogP contribution in [0, 0.1) is 19.8 Å². The van der Waals surface area contributed by atoms with Gasteiger partial charge < -0.3 is 20.1 Å². The molecule has 0 heterocycles. The van der Waals surface area contributed by atoms with Gasteiger partial charge in [0.25, 0.3) is 5.91 Å². The zero-order valence-electron chi connectivity index (χ0n) is 19.7. The quantitative estimate of drug-likeness (QED) is 0.426. The molecule has 0 fully saturated rings. The van der Waals surface area contributed by atoms with Gasteiger partial charge in [0.2, 0.25) is 5.91 Å². The molecule has 9 heteroatoms. The number of hydrogen-bond acceptors (Lipinski definition) is 6. The number of hydrogen-bond donors (Lipinski definition) is 2. The smallest absolute Gasteiger partial charge is 0.338 e. The predicted octanol–water partition coefficient (Wildman–Crippen LogP) is 4.78. The molecule has 2 N–H and O–H groups in total. The van der Waals surface area contributed by atoms with Crippen molar-refractivity contribution >= 4 is 51.1 Å². The fourth-order valence-electron chi connectivity index (χ4n) is 2.78. The zero-order chi connectivity index (χ0) is 25.3. The summed E-state index contributed by atoms with van der Waals surface area (Å²) >= 11 is 3.43. The summed E-state index contributed by atoms with van der Waals surface area (Å²) < 4.78 is 11.1. The van der Waals surface area contributed by atoms with Crippen LogP contribution in [0.3, 0.4) is 0 Å². The summed E-state index contributed by atoms with van der Waals surface area (Å²) in [6.45, 7) is 7.59. The Morgan fingerprint density at radius 3 is 2.18 bits per heavy atom. The summed E-state index contributed by atoms with van der Waals surface area (Å²) in [6.07, 6.45) is -0.279. The van der Waals surface area contributed by atoms with E-state index in [2.05, 4.69) is 26.6 Å². The van der Waals surface area contributed by atoms with Crippen LogP contribution in [0.15, 0.2) is 40.9 Å². The van der Waals surface area contributed by atoms with E-state index in [-0.39, 0.29) is 18.8 Å². The molecule has 0 radical (unpaired) electrons. The van der Waals surface area contributed by atoms with E-state index < -0.39 is 30.4 Å². The maximum atomic E-state index is 12.1. The Morgan fingerprint density at radius 1 is 0.853 bits per heavy atom. The van der Waals surface area contributed by atoms with Crippen LogP contribution >= 0.6 is 15.9 Å². The van der Waals surface area contributed by atoms with E-state index in [0.29, 0.717) is 23.5 Å². The van der Waals surface area contributed by atoms with Crippen LogP contribution in [0.1, 0.15) is 48.2 Å². The molecule has 2 amide bonds. The van der Waals surface area contributed by atoms with Crippen LogP contribution in [0.4, 0.5) is 11.4 Å². The number of anilines is 2. The first-order valence-corrected chi connectivity index (χ1v) is 11.6. The summed E-state index contributed by atoms with van der Waals surface area (Å²) in [5.41, 5.74) is 3.42. The van der Waals surface area contributed by atoms with Crippen molar-refractivity contribution < 1.29 is 28.7 Å². The number of rotatable bonds is 10. The molecule has 0 bridgehead atoms. The molecule has 0 aromatic heterocycles. The fourth-order valence-corrected chi connectivity index (χ4v) is 3.21. The molecular weight excluding hydrogens is 504 g/mol. The number of nitrogens with one attached hydrogen (secondary N) is 2. The zero-order valence-corrected chi connectivity index (χ0v) is 21.3. The summed E-state index contributed by atoms with van der Waals surface area (Å²) in [4.78, 5) is 48.0. The van der Waals surface area contributed by atoms with E-state index in [1.807, 2.05) is 33.8 Å². The molecule has 0 aliphatic heterocycles. The van der Waals surface area contributed by atoms with Gasteiger partial charge in [-0.05, 0) is 67.3 Å². The van der Waals surface area contributed by atoms with Crippen LogP contribution < -0.4 is 10.6 Å². The minimum Gasteiger partial charge on any atom is -0.462 e. The molecule has 0 saturated heterocycles. The average Bonchev–Trinajstić information content (AvgIpc) is 2.80. The summed E-state index contributed by atoms with van der Waals surface area (Å²) in [6, 6.07) is 9.86. The largest absolute Gasteiger partial charge is 0.462 e. The number of carbonyl (C=O) groups excluding carboxylic acids is 4. The van der Waals surface area contributed by atoms with E-state index >= 15 is 0 Å². The lowest BCUT2D eigenvalue weighted by atomic mass is 10.1. The summed E-state index contributed by atoms with van der Waals surface area (Å²) in [5, 5.41) is 5.35. The van der Waals surface area contributed by atoms with Gasteiger partial charge in [-0.2, -0.15) is 0 Å². The number of carbonyl (C=O) groups is 4. The van der Waals surface area contributed by atoms with Crippen molar-refractivity contribution in [3.05, 3.63) is 57.6 Å². The molecule has 34 heavy (non-hydrogen) atoms. The average molecular weight is 533 g/mol. The second-order valence-electron chi connectivity index (χ2n) is 8.17. The Balaban J connectivity index is 1.72. The Labute approximate surface area is 207 Å². The lowest BCUT2D eigenvalue weighted by Crippen LogP contribution is -2.22. The first-order valence-electron chi connectivity index (χ1n) is 10.8. The molecule has 0 spiro atoms. The molecule has 2 aromatic carbocycles. The van der Waals surface area contributed by atoms with Crippen molar-refractivity contribution in [3.63, 3.8) is 0 Å². The first kappa shape index (κ1) is 27.0. The van der Waals surface area contributed by atoms with E-state index in [9.17, 15) is 19.2 Å². The third-order valence-electron chi connectivity index (χ3n) is 4.87. The van der Waals surface area contributed by atoms with Gasteiger partial charge in [0.1, 0.15) is 0 Å². The number of ether oxygens (including phenoxy) is 2. The lowest BCUT2D eigenvalue weighted by Gasteiger charge is -2.12. The standard InChI is InChI=1S/C25H29BrN2O6/c1-15(2)13-34-25(32)18-5-7-19(8-6-18)27-22(29)11-12-24(31)33-14-23(30)28-21-10-9-20(26)16(3)17(21)4/h5-10,15H,11-14H2,1-4H3,(H,27,29)(H,28,30). The van der Waals surface area contributed by atoms with Crippen molar-refractivity contribution in [1.82, 2.24) is 0 Å². The molecule has 0 unspecified atom stereocenters. The predicted molar refractivity (Wildman–Crippen MR) is 133 cm³/mol. The summed E-state index contributed by atoms with van der Waals surface area (Å²) in [7, 11) is 0. The molecule has 2 rings (SSSR count). The summed E-state index contributed by atoms with van der Waals surface area (Å²) in [5.74, 6) is -1.70. The highest BCUT2D eigenvalue weighted by molar-refractivity contribution is 9.10. The second-order valence-corrected chi connectivity index (χ2v) is 9.03.